The van der Waals surface area contributed by atoms with Gasteiger partial charge in [-0.1, -0.05) is 57.2 Å². The second kappa shape index (κ2) is 7.31. The van der Waals surface area contributed by atoms with Gasteiger partial charge in [0.1, 0.15) is 6.10 Å². The van der Waals surface area contributed by atoms with E-state index in [1.165, 1.54) is 0 Å². The highest BCUT2D eigenvalue weighted by Crippen LogP contribution is 2.34. The van der Waals surface area contributed by atoms with Gasteiger partial charge in [0.2, 0.25) is 0 Å². The summed E-state index contributed by atoms with van der Waals surface area (Å²) in [6.45, 7) is 7.44. The Bertz CT molecular complexity index is 818. The van der Waals surface area contributed by atoms with E-state index < -0.39 is 0 Å². The van der Waals surface area contributed by atoms with Gasteiger partial charge in [-0.05, 0) is 29.2 Å². The molecule has 2 atom stereocenters. The van der Waals surface area contributed by atoms with Crippen molar-refractivity contribution < 1.29 is 9.53 Å². The van der Waals surface area contributed by atoms with E-state index in [1.807, 2.05) is 35.2 Å². The van der Waals surface area contributed by atoms with Gasteiger partial charge in [-0.3, -0.25) is 4.79 Å². The molecular formula is C22H24N2O2. The first-order chi connectivity index (χ1) is 12.4. The Hall–Kier alpha value is -2.64. The van der Waals surface area contributed by atoms with Gasteiger partial charge in [0.05, 0.1) is 24.3 Å². The molecule has 1 aliphatic heterocycles. The molecule has 1 fully saturated rings. The van der Waals surface area contributed by atoms with Crippen LogP contribution in [0.25, 0.3) is 0 Å². The lowest BCUT2D eigenvalue weighted by molar-refractivity contribution is -0.119. The predicted octanol–water partition coefficient (Wildman–Crippen LogP) is 4.19. The molecule has 1 saturated heterocycles. The van der Waals surface area contributed by atoms with Crippen LogP contribution in [0.1, 0.15) is 48.4 Å². The van der Waals surface area contributed by atoms with Crippen molar-refractivity contribution in [3.05, 3.63) is 71.3 Å². The number of rotatable bonds is 2. The normalized spacial score (nSPS) is 20.5. The molecule has 1 aliphatic rings. The second-order valence-electron chi connectivity index (χ2n) is 7.79. The lowest BCUT2D eigenvalue weighted by atomic mass is 9.87. The molecule has 0 unspecified atom stereocenters. The van der Waals surface area contributed by atoms with Gasteiger partial charge in [0.15, 0.2) is 0 Å². The van der Waals surface area contributed by atoms with Crippen LogP contribution in [0.3, 0.4) is 0 Å². The third-order valence-electron chi connectivity index (χ3n) is 4.76. The van der Waals surface area contributed by atoms with Crippen LogP contribution in [0.5, 0.6) is 0 Å². The van der Waals surface area contributed by atoms with Gasteiger partial charge >= 0.3 is 0 Å². The Kier molecular flexibility index (Phi) is 5.11. The molecule has 0 saturated carbocycles. The van der Waals surface area contributed by atoms with Crippen molar-refractivity contribution in [2.45, 2.75) is 33.0 Å². The monoisotopic (exact) mass is 348 g/mol. The Morgan fingerprint density at radius 2 is 1.85 bits per heavy atom. The zero-order valence-corrected chi connectivity index (χ0v) is 15.5. The molecule has 26 heavy (non-hydrogen) atoms. The molecule has 0 aliphatic carbocycles. The van der Waals surface area contributed by atoms with E-state index in [-0.39, 0.29) is 23.5 Å². The topological polar surface area (TPSA) is 53.3 Å². The maximum atomic E-state index is 13.1. The quantitative estimate of drug-likeness (QED) is 0.818. The summed E-state index contributed by atoms with van der Waals surface area (Å²) >= 11 is 0. The second-order valence-corrected chi connectivity index (χ2v) is 7.79. The minimum Gasteiger partial charge on any atom is -0.366 e. The van der Waals surface area contributed by atoms with Crippen molar-refractivity contribution in [2.75, 3.05) is 13.1 Å². The van der Waals surface area contributed by atoms with Gasteiger partial charge in [-0.2, -0.15) is 5.26 Å². The summed E-state index contributed by atoms with van der Waals surface area (Å²) in [6, 6.07) is 19.0. The Morgan fingerprint density at radius 3 is 2.50 bits per heavy atom. The van der Waals surface area contributed by atoms with Gasteiger partial charge < -0.3 is 9.64 Å². The maximum absolute atomic E-state index is 13.1. The number of nitrogens with zero attached hydrogens (tertiary/aromatic N) is 2. The van der Waals surface area contributed by atoms with Gasteiger partial charge in [0, 0.05) is 12.1 Å². The number of hydrogen-bond acceptors (Lipinski definition) is 3. The van der Waals surface area contributed by atoms with Crippen molar-refractivity contribution in [1.29, 1.82) is 5.26 Å². The molecule has 2 aromatic rings. The fraction of sp³-hybridized carbons (Fsp3) is 0.364. The average Bonchev–Trinajstić information content (AvgIpc) is 2.67. The van der Waals surface area contributed by atoms with Crippen LogP contribution < -0.4 is 0 Å². The Labute approximate surface area is 155 Å². The molecule has 0 bridgehead atoms. The summed E-state index contributed by atoms with van der Waals surface area (Å²) in [5.74, 6) is -0.0550. The summed E-state index contributed by atoms with van der Waals surface area (Å²) in [5, 5.41) is 9.10. The van der Waals surface area contributed by atoms with Crippen LogP contribution in [0.2, 0.25) is 0 Å². The van der Waals surface area contributed by atoms with Gasteiger partial charge in [0.25, 0.3) is 5.91 Å². The number of hydrogen-bond donors (Lipinski definition) is 0. The third kappa shape index (κ3) is 3.95. The number of nitriles is 1. The van der Waals surface area contributed by atoms with Crippen LogP contribution in [0.15, 0.2) is 54.6 Å². The highest BCUT2D eigenvalue weighted by molar-refractivity contribution is 5.94. The first-order valence-corrected chi connectivity index (χ1v) is 8.88. The lowest BCUT2D eigenvalue weighted by Gasteiger charge is -2.43. The van der Waals surface area contributed by atoms with Crippen LogP contribution in [0, 0.1) is 16.7 Å². The number of carbonyl (C=O) groups excluding carboxylic acids is 1. The number of ether oxygens (including phenoxy) is 1. The maximum Gasteiger partial charge on any atom is 0.254 e. The molecule has 0 radical (unpaired) electrons. The Morgan fingerprint density at radius 1 is 1.12 bits per heavy atom. The minimum atomic E-state index is -0.155. The third-order valence-corrected chi connectivity index (χ3v) is 4.76. The molecule has 3 rings (SSSR count). The molecule has 4 nitrogen and oxygen atoms in total. The van der Waals surface area contributed by atoms with Crippen LogP contribution in [-0.2, 0) is 4.74 Å². The van der Waals surface area contributed by atoms with Crippen molar-refractivity contribution in [2.24, 2.45) is 5.41 Å². The lowest BCUT2D eigenvalue weighted by Crippen LogP contribution is -2.51. The molecule has 0 aromatic heterocycles. The smallest absolute Gasteiger partial charge is 0.254 e. The van der Waals surface area contributed by atoms with E-state index in [0.29, 0.717) is 24.2 Å². The highest BCUT2D eigenvalue weighted by atomic mass is 16.5. The van der Waals surface area contributed by atoms with E-state index >= 15 is 0 Å². The fourth-order valence-electron chi connectivity index (χ4n) is 3.16. The average molecular weight is 348 g/mol. The van der Waals surface area contributed by atoms with Gasteiger partial charge in [-0.25, -0.2) is 0 Å². The summed E-state index contributed by atoms with van der Waals surface area (Å²) in [7, 11) is 0. The molecule has 134 valence electrons. The first-order valence-electron chi connectivity index (χ1n) is 8.88. The number of amides is 1. The predicted molar refractivity (Wildman–Crippen MR) is 101 cm³/mol. The molecule has 2 aromatic carbocycles. The Balaban J connectivity index is 1.89. The van der Waals surface area contributed by atoms with E-state index in [1.54, 1.807) is 24.3 Å². The van der Waals surface area contributed by atoms with Crippen LogP contribution in [0.4, 0.5) is 0 Å². The van der Waals surface area contributed by atoms with Crippen molar-refractivity contribution in [1.82, 2.24) is 4.90 Å². The molecular weight excluding hydrogens is 324 g/mol. The molecule has 0 N–H and O–H groups in total. The zero-order valence-electron chi connectivity index (χ0n) is 15.5. The number of morpholine rings is 1. The summed E-state index contributed by atoms with van der Waals surface area (Å²) in [6.07, 6.45) is -0.221. The largest absolute Gasteiger partial charge is 0.366 e. The van der Waals surface area contributed by atoms with E-state index in [2.05, 4.69) is 26.8 Å². The number of benzene rings is 2. The van der Waals surface area contributed by atoms with E-state index in [0.717, 1.165) is 5.56 Å². The molecule has 0 spiro atoms. The SMILES string of the molecule is CC(C)(C)[C@H]1CN(C(=O)c2cccc(C#N)c2)C[C@@H](c2ccccc2)O1. The molecule has 1 amide bonds. The molecule has 4 heteroatoms. The summed E-state index contributed by atoms with van der Waals surface area (Å²) < 4.78 is 6.35. The van der Waals surface area contributed by atoms with E-state index in [9.17, 15) is 4.79 Å². The van der Waals surface area contributed by atoms with Crippen LogP contribution in [-0.4, -0.2) is 30.0 Å². The van der Waals surface area contributed by atoms with Crippen LogP contribution >= 0.6 is 0 Å². The summed E-state index contributed by atoms with van der Waals surface area (Å²) in [5.41, 5.74) is 2.03. The van der Waals surface area contributed by atoms with E-state index in [4.69, 9.17) is 10.00 Å². The fourth-order valence-corrected chi connectivity index (χ4v) is 3.16. The number of carbonyl (C=O) groups is 1. The first kappa shape index (κ1) is 18.2. The van der Waals surface area contributed by atoms with Crippen molar-refractivity contribution in [3.63, 3.8) is 0 Å². The highest BCUT2D eigenvalue weighted by Gasteiger charge is 2.37. The van der Waals surface area contributed by atoms with Crippen molar-refractivity contribution in [3.8, 4) is 6.07 Å². The molecule has 1 heterocycles. The van der Waals surface area contributed by atoms with Crippen molar-refractivity contribution >= 4 is 5.91 Å². The zero-order chi connectivity index (χ0) is 18.7. The summed E-state index contributed by atoms with van der Waals surface area (Å²) in [4.78, 5) is 14.9. The standard InChI is InChI=1S/C22H24N2O2/c1-22(2,3)20-15-24(14-19(26-20)17-9-5-4-6-10-17)21(25)18-11-7-8-16(12-18)13-23/h4-12,19-20H,14-15H2,1-3H3/t19-,20+/m0/s1. The minimum absolute atomic E-state index is 0.0550. The van der Waals surface area contributed by atoms with Gasteiger partial charge in [-0.15, -0.1) is 0 Å².